The van der Waals surface area contributed by atoms with Gasteiger partial charge < -0.3 is 20.7 Å². The van der Waals surface area contributed by atoms with Gasteiger partial charge in [0, 0.05) is 30.9 Å². The van der Waals surface area contributed by atoms with E-state index in [1.807, 2.05) is 31.2 Å². The van der Waals surface area contributed by atoms with E-state index in [1.165, 1.54) is 19.3 Å². The average Bonchev–Trinajstić information content (AvgIpc) is 2.73. The molecule has 0 bridgehead atoms. The van der Waals surface area contributed by atoms with Crippen LogP contribution in [0.4, 0.5) is 10.5 Å². The van der Waals surface area contributed by atoms with E-state index in [0.29, 0.717) is 25.1 Å². The molecule has 0 radical (unpaired) electrons. The molecule has 2 aliphatic rings. The van der Waals surface area contributed by atoms with Crippen LogP contribution in [0.2, 0.25) is 0 Å². The van der Waals surface area contributed by atoms with Crippen molar-refractivity contribution in [2.75, 3.05) is 31.6 Å². The van der Waals surface area contributed by atoms with E-state index in [-0.39, 0.29) is 18.0 Å². The van der Waals surface area contributed by atoms with Crippen LogP contribution < -0.4 is 20.7 Å². The molecule has 1 saturated carbocycles. The van der Waals surface area contributed by atoms with Crippen LogP contribution >= 0.6 is 0 Å². The molecule has 30 heavy (non-hydrogen) atoms. The SMILES string of the molecule is CCOc1ccc(NC(=O)NC2CCN(CC(=O)NC3CCCCC3C)CC2)cc1. The fourth-order valence-corrected chi connectivity index (χ4v) is 4.38. The number of urea groups is 1. The molecule has 3 N–H and O–H groups in total. The molecule has 3 amide bonds. The molecule has 1 saturated heterocycles. The van der Waals surface area contributed by atoms with Crippen LogP contribution in [0, 0.1) is 5.92 Å². The Morgan fingerprint density at radius 2 is 1.73 bits per heavy atom. The first-order chi connectivity index (χ1) is 14.5. The molecule has 166 valence electrons. The summed E-state index contributed by atoms with van der Waals surface area (Å²) in [7, 11) is 0. The lowest BCUT2D eigenvalue weighted by atomic mass is 9.86. The number of nitrogens with zero attached hydrogens (tertiary/aromatic N) is 1. The number of rotatable bonds is 7. The Hall–Kier alpha value is -2.28. The maximum Gasteiger partial charge on any atom is 0.319 e. The second-order valence-corrected chi connectivity index (χ2v) is 8.54. The molecule has 7 heteroatoms. The lowest BCUT2D eigenvalue weighted by molar-refractivity contribution is -0.123. The minimum Gasteiger partial charge on any atom is -0.494 e. The fraction of sp³-hybridized carbons (Fsp3) is 0.652. The van der Waals surface area contributed by atoms with Gasteiger partial charge in [-0.3, -0.25) is 9.69 Å². The summed E-state index contributed by atoms with van der Waals surface area (Å²) in [6, 6.07) is 7.62. The zero-order valence-electron chi connectivity index (χ0n) is 18.3. The van der Waals surface area contributed by atoms with E-state index in [1.54, 1.807) is 0 Å². The van der Waals surface area contributed by atoms with Crippen molar-refractivity contribution in [1.82, 2.24) is 15.5 Å². The lowest BCUT2D eigenvalue weighted by Crippen LogP contribution is -2.50. The van der Waals surface area contributed by atoms with Gasteiger partial charge in [-0.05, 0) is 62.8 Å². The van der Waals surface area contributed by atoms with Gasteiger partial charge in [-0.1, -0.05) is 19.8 Å². The highest BCUT2D eigenvalue weighted by Gasteiger charge is 2.25. The Morgan fingerprint density at radius 3 is 2.40 bits per heavy atom. The molecule has 2 fully saturated rings. The summed E-state index contributed by atoms with van der Waals surface area (Å²) < 4.78 is 5.41. The molecular formula is C23H36N4O3. The van der Waals surface area contributed by atoms with Crippen molar-refractivity contribution in [1.29, 1.82) is 0 Å². The number of nitrogens with one attached hydrogen (secondary N) is 3. The van der Waals surface area contributed by atoms with Crippen LogP contribution in [0.3, 0.4) is 0 Å². The highest BCUT2D eigenvalue weighted by atomic mass is 16.5. The predicted octanol–water partition coefficient (Wildman–Crippen LogP) is 3.37. The monoisotopic (exact) mass is 416 g/mol. The van der Waals surface area contributed by atoms with Gasteiger partial charge in [-0.25, -0.2) is 4.79 Å². The van der Waals surface area contributed by atoms with Gasteiger partial charge in [-0.2, -0.15) is 0 Å². The molecular weight excluding hydrogens is 380 g/mol. The normalized spacial score (nSPS) is 22.9. The first-order valence-corrected chi connectivity index (χ1v) is 11.4. The summed E-state index contributed by atoms with van der Waals surface area (Å²) in [6.45, 7) is 6.89. The second kappa shape index (κ2) is 11.2. The van der Waals surface area contributed by atoms with Gasteiger partial charge >= 0.3 is 6.03 Å². The molecule has 1 heterocycles. The smallest absolute Gasteiger partial charge is 0.319 e. The minimum atomic E-state index is -0.193. The number of hydrogen-bond acceptors (Lipinski definition) is 4. The quantitative estimate of drug-likeness (QED) is 0.636. The summed E-state index contributed by atoms with van der Waals surface area (Å²) in [5.74, 6) is 1.50. The van der Waals surface area contributed by atoms with Crippen LogP contribution in [-0.4, -0.2) is 55.2 Å². The van der Waals surface area contributed by atoms with Crippen molar-refractivity contribution in [3.63, 3.8) is 0 Å². The molecule has 1 aromatic carbocycles. The van der Waals surface area contributed by atoms with Crippen LogP contribution in [0.5, 0.6) is 5.75 Å². The first-order valence-electron chi connectivity index (χ1n) is 11.4. The maximum atomic E-state index is 12.4. The van der Waals surface area contributed by atoms with Crippen molar-refractivity contribution in [3.05, 3.63) is 24.3 Å². The second-order valence-electron chi connectivity index (χ2n) is 8.54. The molecule has 0 aromatic heterocycles. The van der Waals surface area contributed by atoms with E-state index >= 15 is 0 Å². The maximum absolute atomic E-state index is 12.4. The zero-order valence-corrected chi connectivity index (χ0v) is 18.3. The third kappa shape index (κ3) is 6.90. The molecule has 2 atom stereocenters. The zero-order chi connectivity index (χ0) is 21.3. The summed E-state index contributed by atoms with van der Waals surface area (Å²) in [6.07, 6.45) is 6.50. The number of hydrogen-bond donors (Lipinski definition) is 3. The molecule has 7 nitrogen and oxygen atoms in total. The Balaban J connectivity index is 1.34. The number of anilines is 1. The minimum absolute atomic E-state index is 0.130. The number of piperidine rings is 1. The van der Waals surface area contributed by atoms with Crippen LogP contribution in [0.1, 0.15) is 52.4 Å². The van der Waals surface area contributed by atoms with E-state index in [2.05, 4.69) is 27.8 Å². The van der Waals surface area contributed by atoms with Crippen LogP contribution in [0.15, 0.2) is 24.3 Å². The van der Waals surface area contributed by atoms with E-state index < -0.39 is 0 Å². The Labute approximate surface area is 179 Å². The van der Waals surface area contributed by atoms with Crippen LogP contribution in [0.25, 0.3) is 0 Å². The highest BCUT2D eigenvalue weighted by Crippen LogP contribution is 2.23. The van der Waals surface area contributed by atoms with Crippen molar-refractivity contribution >= 4 is 17.6 Å². The molecule has 1 aliphatic heterocycles. The molecule has 0 spiro atoms. The van der Waals surface area contributed by atoms with Gasteiger partial charge in [0.1, 0.15) is 5.75 Å². The number of amides is 3. The summed E-state index contributed by atoms with van der Waals surface area (Å²) in [5, 5.41) is 9.14. The first kappa shape index (κ1) is 22.4. The van der Waals surface area contributed by atoms with Gasteiger partial charge in [0.25, 0.3) is 0 Å². The molecule has 1 aliphatic carbocycles. The van der Waals surface area contributed by atoms with Crippen molar-refractivity contribution in [3.8, 4) is 5.75 Å². The number of carbonyl (C=O) groups excluding carboxylic acids is 2. The Morgan fingerprint density at radius 1 is 1.03 bits per heavy atom. The van der Waals surface area contributed by atoms with Crippen LogP contribution in [-0.2, 0) is 4.79 Å². The summed E-state index contributed by atoms with van der Waals surface area (Å²) in [5.41, 5.74) is 0.738. The van der Waals surface area contributed by atoms with E-state index in [4.69, 9.17) is 4.74 Å². The standard InChI is InChI=1S/C23H36N4O3/c1-3-30-20-10-8-18(9-11-20)24-23(29)25-19-12-14-27(15-13-19)16-22(28)26-21-7-5-4-6-17(21)2/h8-11,17,19,21H,3-7,12-16H2,1-2H3,(H,26,28)(H2,24,25,29). The lowest BCUT2D eigenvalue weighted by Gasteiger charge is -2.33. The third-order valence-electron chi connectivity index (χ3n) is 6.17. The number of benzene rings is 1. The summed E-state index contributed by atoms with van der Waals surface area (Å²) in [4.78, 5) is 26.9. The molecule has 2 unspecified atom stereocenters. The highest BCUT2D eigenvalue weighted by molar-refractivity contribution is 5.89. The van der Waals surface area contributed by atoms with Crippen molar-refractivity contribution < 1.29 is 14.3 Å². The molecule has 1 aromatic rings. The number of ether oxygens (including phenoxy) is 1. The fourth-order valence-electron chi connectivity index (χ4n) is 4.38. The van der Waals surface area contributed by atoms with E-state index in [0.717, 1.165) is 43.8 Å². The van der Waals surface area contributed by atoms with Gasteiger partial charge in [0.15, 0.2) is 0 Å². The number of likely N-dealkylation sites (tertiary alicyclic amines) is 1. The topological polar surface area (TPSA) is 82.7 Å². The van der Waals surface area contributed by atoms with Gasteiger partial charge in [0.05, 0.1) is 13.2 Å². The number of carbonyl (C=O) groups is 2. The largest absolute Gasteiger partial charge is 0.494 e. The van der Waals surface area contributed by atoms with Crippen molar-refractivity contribution in [2.45, 2.75) is 64.5 Å². The average molecular weight is 417 g/mol. The Kier molecular flexibility index (Phi) is 8.37. The van der Waals surface area contributed by atoms with Crippen molar-refractivity contribution in [2.24, 2.45) is 5.92 Å². The predicted molar refractivity (Wildman–Crippen MR) is 119 cm³/mol. The Bertz CT molecular complexity index is 686. The van der Waals surface area contributed by atoms with E-state index in [9.17, 15) is 9.59 Å². The third-order valence-corrected chi connectivity index (χ3v) is 6.17. The van der Waals surface area contributed by atoms with Gasteiger partial charge in [0.2, 0.25) is 5.91 Å². The molecule has 3 rings (SSSR count). The summed E-state index contributed by atoms with van der Waals surface area (Å²) >= 11 is 0. The van der Waals surface area contributed by atoms with Gasteiger partial charge in [-0.15, -0.1) is 0 Å².